The molecule has 1 fully saturated rings. The van der Waals surface area contributed by atoms with E-state index in [2.05, 4.69) is 20.4 Å². The second-order valence-corrected chi connectivity index (χ2v) is 7.10. The Balaban J connectivity index is 1.61. The number of nitrogens with one attached hydrogen (secondary N) is 1. The predicted molar refractivity (Wildman–Crippen MR) is 100.0 cm³/mol. The molecule has 0 spiro atoms. The van der Waals surface area contributed by atoms with Crippen LogP contribution in [0.5, 0.6) is 0 Å². The zero-order valence-corrected chi connectivity index (χ0v) is 15.5. The zero-order chi connectivity index (χ0) is 17.8. The van der Waals surface area contributed by atoms with Gasteiger partial charge in [0.05, 0.1) is 12.0 Å². The summed E-state index contributed by atoms with van der Waals surface area (Å²) in [5, 5.41) is 12.2. The fourth-order valence-electron chi connectivity index (χ4n) is 3.04. The van der Waals surface area contributed by atoms with E-state index in [4.69, 9.17) is 23.2 Å². The molecule has 0 aliphatic carbocycles. The maximum Gasteiger partial charge on any atom is 0.225 e. The lowest BCUT2D eigenvalue weighted by molar-refractivity contribution is -0.125. The summed E-state index contributed by atoms with van der Waals surface area (Å²) in [7, 11) is 0. The molecule has 7 heteroatoms. The number of amides is 1. The Kier molecular flexibility index (Phi) is 5.76. The first kappa shape index (κ1) is 18.0. The summed E-state index contributed by atoms with van der Waals surface area (Å²) in [6, 6.07) is 11.0. The van der Waals surface area contributed by atoms with Crippen molar-refractivity contribution in [3.63, 3.8) is 0 Å². The van der Waals surface area contributed by atoms with Gasteiger partial charge < -0.3 is 10.2 Å². The first-order valence-corrected chi connectivity index (χ1v) is 9.08. The number of halogens is 2. The fourth-order valence-corrected chi connectivity index (χ4v) is 3.27. The van der Waals surface area contributed by atoms with Crippen molar-refractivity contribution in [2.24, 2.45) is 5.92 Å². The molecule has 0 radical (unpaired) electrons. The molecule has 1 N–H and O–H groups in total. The lowest BCUT2D eigenvalue weighted by atomic mass is 9.96. The van der Waals surface area contributed by atoms with Crippen LogP contribution in [0, 0.1) is 5.92 Å². The summed E-state index contributed by atoms with van der Waals surface area (Å²) in [5.41, 5.74) is 1.04. The lowest BCUT2D eigenvalue weighted by Gasteiger charge is -2.33. The number of piperidine rings is 1. The minimum absolute atomic E-state index is 0.0598. The average Bonchev–Trinajstić information content (AvgIpc) is 2.63. The van der Waals surface area contributed by atoms with Crippen LogP contribution in [0.15, 0.2) is 36.4 Å². The third-order valence-electron chi connectivity index (χ3n) is 4.46. The highest BCUT2D eigenvalue weighted by Gasteiger charge is 2.27. The van der Waals surface area contributed by atoms with E-state index in [9.17, 15) is 4.79 Å². The normalized spacial score (nSPS) is 18.7. The summed E-state index contributed by atoms with van der Waals surface area (Å²) in [4.78, 5) is 14.7. The van der Waals surface area contributed by atoms with E-state index in [1.807, 2.05) is 37.3 Å². The zero-order valence-electron chi connectivity index (χ0n) is 14.0. The van der Waals surface area contributed by atoms with Crippen molar-refractivity contribution >= 4 is 34.9 Å². The van der Waals surface area contributed by atoms with E-state index in [1.165, 1.54) is 0 Å². The summed E-state index contributed by atoms with van der Waals surface area (Å²) in [6.07, 6.45) is 1.81. The Morgan fingerprint density at radius 3 is 2.64 bits per heavy atom. The molecule has 3 rings (SSSR count). The number of nitrogens with zero attached hydrogens (tertiary/aromatic N) is 3. The smallest absolute Gasteiger partial charge is 0.225 e. The Morgan fingerprint density at radius 2 is 1.96 bits per heavy atom. The van der Waals surface area contributed by atoms with Gasteiger partial charge >= 0.3 is 0 Å². The SMILES string of the molecule is CC(NC(=O)C1CCCN(c2ccc(Cl)nn2)C1)c1ccc(Cl)cc1. The lowest BCUT2D eigenvalue weighted by Crippen LogP contribution is -2.44. The van der Waals surface area contributed by atoms with Crippen LogP contribution < -0.4 is 10.2 Å². The van der Waals surface area contributed by atoms with Crippen molar-refractivity contribution in [3.05, 3.63) is 52.1 Å². The Morgan fingerprint density at radius 1 is 1.20 bits per heavy atom. The molecular formula is C18H20Cl2N4O. The van der Waals surface area contributed by atoms with Crippen LogP contribution in [0.1, 0.15) is 31.4 Å². The third kappa shape index (κ3) is 4.61. The van der Waals surface area contributed by atoms with Gasteiger partial charge in [-0.25, -0.2) is 0 Å². The standard InChI is InChI=1S/C18H20Cl2N4O/c1-12(13-4-6-15(19)7-5-13)21-18(25)14-3-2-10-24(11-14)17-9-8-16(20)22-23-17/h4-9,12,14H,2-3,10-11H2,1H3,(H,21,25). The molecule has 2 heterocycles. The molecule has 2 unspecified atom stereocenters. The van der Waals surface area contributed by atoms with Gasteiger partial charge in [-0.2, -0.15) is 0 Å². The van der Waals surface area contributed by atoms with Crippen LogP contribution in [0.3, 0.4) is 0 Å². The van der Waals surface area contributed by atoms with Gasteiger partial charge in [-0.15, -0.1) is 10.2 Å². The van der Waals surface area contributed by atoms with E-state index in [0.717, 1.165) is 30.8 Å². The van der Waals surface area contributed by atoms with Crippen LogP contribution in [0.2, 0.25) is 10.2 Å². The minimum atomic E-state index is -0.0685. The maximum absolute atomic E-state index is 12.7. The molecule has 1 amide bonds. The monoisotopic (exact) mass is 378 g/mol. The van der Waals surface area contributed by atoms with E-state index < -0.39 is 0 Å². The van der Waals surface area contributed by atoms with Gasteiger partial charge in [0, 0.05) is 18.1 Å². The molecule has 1 aromatic carbocycles. The number of benzene rings is 1. The molecule has 2 atom stereocenters. The van der Waals surface area contributed by atoms with Crippen molar-refractivity contribution in [2.45, 2.75) is 25.8 Å². The van der Waals surface area contributed by atoms with E-state index in [1.54, 1.807) is 6.07 Å². The molecular weight excluding hydrogens is 359 g/mol. The van der Waals surface area contributed by atoms with Gasteiger partial charge in [-0.3, -0.25) is 4.79 Å². The topological polar surface area (TPSA) is 58.1 Å². The first-order valence-electron chi connectivity index (χ1n) is 8.33. The second kappa shape index (κ2) is 8.02. The second-order valence-electron chi connectivity index (χ2n) is 6.28. The molecule has 0 saturated carbocycles. The summed E-state index contributed by atoms with van der Waals surface area (Å²) in [5.74, 6) is 0.753. The number of hydrogen-bond acceptors (Lipinski definition) is 4. The van der Waals surface area contributed by atoms with Gasteiger partial charge in [0.15, 0.2) is 11.0 Å². The van der Waals surface area contributed by atoms with Gasteiger partial charge in [-0.05, 0) is 49.6 Å². The van der Waals surface area contributed by atoms with Crippen LogP contribution in [0.25, 0.3) is 0 Å². The quantitative estimate of drug-likeness (QED) is 0.876. The first-order chi connectivity index (χ1) is 12.0. The minimum Gasteiger partial charge on any atom is -0.354 e. The van der Waals surface area contributed by atoms with Crippen molar-refractivity contribution in [3.8, 4) is 0 Å². The van der Waals surface area contributed by atoms with E-state index in [-0.39, 0.29) is 17.9 Å². The van der Waals surface area contributed by atoms with Crippen molar-refractivity contribution < 1.29 is 4.79 Å². The number of carbonyl (C=O) groups is 1. The van der Waals surface area contributed by atoms with Gasteiger partial charge in [-0.1, -0.05) is 35.3 Å². The molecule has 1 aromatic heterocycles. The van der Waals surface area contributed by atoms with Gasteiger partial charge in [0.2, 0.25) is 5.91 Å². The molecule has 0 bridgehead atoms. The molecule has 2 aromatic rings. The van der Waals surface area contributed by atoms with Crippen LogP contribution in [-0.4, -0.2) is 29.2 Å². The number of aromatic nitrogens is 2. The summed E-state index contributed by atoms with van der Waals surface area (Å²) < 4.78 is 0. The maximum atomic E-state index is 12.7. The number of anilines is 1. The highest BCUT2D eigenvalue weighted by molar-refractivity contribution is 6.30. The average molecular weight is 379 g/mol. The Hall–Kier alpha value is -1.85. The Labute approximate surface area is 157 Å². The number of rotatable bonds is 4. The van der Waals surface area contributed by atoms with Crippen molar-refractivity contribution in [1.82, 2.24) is 15.5 Å². The van der Waals surface area contributed by atoms with Crippen molar-refractivity contribution in [2.75, 3.05) is 18.0 Å². The molecule has 5 nitrogen and oxygen atoms in total. The number of hydrogen-bond donors (Lipinski definition) is 1. The molecule has 25 heavy (non-hydrogen) atoms. The van der Waals surface area contributed by atoms with Gasteiger partial charge in [0.25, 0.3) is 0 Å². The summed E-state index contributed by atoms with van der Waals surface area (Å²) >= 11 is 11.7. The number of carbonyl (C=O) groups excluding carboxylic acids is 1. The third-order valence-corrected chi connectivity index (χ3v) is 4.92. The molecule has 132 valence electrons. The summed E-state index contributed by atoms with van der Waals surface area (Å²) in [6.45, 7) is 3.48. The predicted octanol–water partition coefficient (Wildman–Crippen LogP) is 3.88. The fraction of sp³-hybridized carbons (Fsp3) is 0.389. The highest BCUT2D eigenvalue weighted by atomic mass is 35.5. The van der Waals surface area contributed by atoms with Crippen LogP contribution in [0.4, 0.5) is 5.82 Å². The van der Waals surface area contributed by atoms with Crippen molar-refractivity contribution in [1.29, 1.82) is 0 Å². The Bertz CT molecular complexity index is 721. The van der Waals surface area contributed by atoms with E-state index >= 15 is 0 Å². The van der Waals surface area contributed by atoms with Gasteiger partial charge in [0.1, 0.15) is 0 Å². The molecule has 1 aliphatic rings. The van der Waals surface area contributed by atoms with Crippen LogP contribution in [-0.2, 0) is 4.79 Å². The molecule has 1 aliphatic heterocycles. The molecule has 1 saturated heterocycles. The van der Waals surface area contributed by atoms with Crippen LogP contribution >= 0.6 is 23.2 Å². The van der Waals surface area contributed by atoms with E-state index in [0.29, 0.717) is 16.7 Å². The highest BCUT2D eigenvalue weighted by Crippen LogP contribution is 2.23. The largest absolute Gasteiger partial charge is 0.354 e.